The SMILES string of the molecule is COc1cc(NC(=O)CN2C(=O)N[C@](C)(c3ccccc3)C2=O)cc(OC)c1OC. The Bertz CT molecular complexity index is 953. The van der Waals surface area contributed by atoms with Crippen LogP contribution in [0.3, 0.4) is 0 Å². The van der Waals surface area contributed by atoms with Gasteiger partial charge in [-0.25, -0.2) is 4.79 Å². The Labute approximate surface area is 173 Å². The number of carbonyl (C=O) groups excluding carboxylic acids is 3. The van der Waals surface area contributed by atoms with Crippen LogP contribution in [-0.4, -0.2) is 50.6 Å². The van der Waals surface area contributed by atoms with Gasteiger partial charge in [0.1, 0.15) is 12.1 Å². The zero-order chi connectivity index (χ0) is 21.9. The summed E-state index contributed by atoms with van der Waals surface area (Å²) in [7, 11) is 4.39. The van der Waals surface area contributed by atoms with Crippen molar-refractivity contribution >= 4 is 23.5 Å². The second-order valence-electron chi connectivity index (χ2n) is 6.77. The molecule has 2 aromatic carbocycles. The van der Waals surface area contributed by atoms with Gasteiger partial charge in [0.05, 0.1) is 21.3 Å². The van der Waals surface area contributed by atoms with E-state index in [1.807, 2.05) is 6.07 Å². The van der Waals surface area contributed by atoms with E-state index in [1.54, 1.807) is 43.3 Å². The number of carbonyl (C=O) groups is 3. The second-order valence-corrected chi connectivity index (χ2v) is 6.77. The monoisotopic (exact) mass is 413 g/mol. The maximum Gasteiger partial charge on any atom is 0.325 e. The zero-order valence-corrected chi connectivity index (χ0v) is 17.1. The standard InChI is InChI=1S/C21H23N3O6/c1-21(13-8-6-5-7-9-13)19(26)24(20(27)23-21)12-17(25)22-14-10-15(28-2)18(30-4)16(11-14)29-3/h5-11H,12H2,1-4H3,(H,22,25)(H,23,27)/t21-/m1/s1. The van der Waals surface area contributed by atoms with Gasteiger partial charge in [0, 0.05) is 17.8 Å². The number of hydrogen-bond acceptors (Lipinski definition) is 6. The Morgan fingerprint density at radius 1 is 1.03 bits per heavy atom. The molecule has 1 aliphatic rings. The molecule has 0 spiro atoms. The van der Waals surface area contributed by atoms with Gasteiger partial charge in [0.25, 0.3) is 5.91 Å². The molecule has 30 heavy (non-hydrogen) atoms. The highest BCUT2D eigenvalue weighted by atomic mass is 16.5. The fourth-order valence-electron chi connectivity index (χ4n) is 3.31. The number of ether oxygens (including phenoxy) is 3. The molecule has 1 heterocycles. The molecule has 0 saturated carbocycles. The highest BCUT2D eigenvalue weighted by Crippen LogP contribution is 2.40. The van der Waals surface area contributed by atoms with E-state index < -0.39 is 29.9 Å². The third-order valence-electron chi connectivity index (χ3n) is 4.88. The van der Waals surface area contributed by atoms with Crippen molar-refractivity contribution in [1.82, 2.24) is 10.2 Å². The van der Waals surface area contributed by atoms with Gasteiger partial charge in [0.15, 0.2) is 11.5 Å². The minimum atomic E-state index is -1.23. The first-order valence-corrected chi connectivity index (χ1v) is 9.13. The number of nitrogens with zero attached hydrogens (tertiary/aromatic N) is 1. The fraction of sp³-hybridized carbons (Fsp3) is 0.286. The van der Waals surface area contributed by atoms with E-state index in [0.717, 1.165) is 4.90 Å². The number of anilines is 1. The van der Waals surface area contributed by atoms with Crippen LogP contribution in [0.2, 0.25) is 0 Å². The number of imide groups is 1. The summed E-state index contributed by atoms with van der Waals surface area (Å²) in [5.41, 5.74) is -0.228. The topological polar surface area (TPSA) is 106 Å². The van der Waals surface area contributed by atoms with E-state index in [-0.39, 0.29) is 0 Å². The lowest BCUT2D eigenvalue weighted by molar-refractivity contribution is -0.133. The van der Waals surface area contributed by atoms with Crippen LogP contribution < -0.4 is 24.8 Å². The van der Waals surface area contributed by atoms with Gasteiger partial charge in [-0.1, -0.05) is 30.3 Å². The Balaban J connectivity index is 1.77. The number of benzene rings is 2. The van der Waals surface area contributed by atoms with Crippen LogP contribution in [0.4, 0.5) is 10.5 Å². The predicted octanol–water partition coefficient (Wildman–Crippen LogP) is 2.12. The summed E-state index contributed by atoms with van der Waals surface area (Å²) in [6.07, 6.45) is 0. The van der Waals surface area contributed by atoms with Crippen molar-refractivity contribution in [3.63, 3.8) is 0 Å². The zero-order valence-electron chi connectivity index (χ0n) is 17.1. The van der Waals surface area contributed by atoms with E-state index in [9.17, 15) is 14.4 Å². The van der Waals surface area contributed by atoms with E-state index in [0.29, 0.717) is 28.5 Å². The van der Waals surface area contributed by atoms with Crippen LogP contribution in [0.15, 0.2) is 42.5 Å². The Morgan fingerprint density at radius 3 is 2.17 bits per heavy atom. The molecule has 0 aliphatic carbocycles. The smallest absolute Gasteiger partial charge is 0.325 e. The number of methoxy groups -OCH3 is 3. The van der Waals surface area contributed by atoms with Crippen molar-refractivity contribution in [3.8, 4) is 17.2 Å². The summed E-state index contributed by atoms with van der Waals surface area (Å²) in [6, 6.07) is 11.3. The molecule has 9 heteroatoms. The normalized spacial score (nSPS) is 18.1. The van der Waals surface area contributed by atoms with E-state index in [1.165, 1.54) is 21.3 Å². The molecule has 9 nitrogen and oxygen atoms in total. The Kier molecular flexibility index (Phi) is 5.81. The molecule has 4 amide bonds. The van der Waals surface area contributed by atoms with Crippen molar-refractivity contribution in [2.75, 3.05) is 33.2 Å². The largest absolute Gasteiger partial charge is 0.493 e. The van der Waals surface area contributed by atoms with Crippen molar-refractivity contribution in [2.45, 2.75) is 12.5 Å². The maximum atomic E-state index is 12.9. The second kappa shape index (κ2) is 8.32. The van der Waals surface area contributed by atoms with Crippen molar-refractivity contribution in [3.05, 3.63) is 48.0 Å². The number of urea groups is 1. The van der Waals surface area contributed by atoms with Crippen molar-refractivity contribution in [1.29, 1.82) is 0 Å². The average Bonchev–Trinajstić information content (AvgIpc) is 2.97. The number of nitrogens with one attached hydrogen (secondary N) is 2. The molecule has 0 bridgehead atoms. The molecule has 3 rings (SSSR count). The average molecular weight is 413 g/mol. The quantitative estimate of drug-likeness (QED) is 0.674. The third-order valence-corrected chi connectivity index (χ3v) is 4.88. The molecule has 0 radical (unpaired) electrons. The Hall–Kier alpha value is -3.75. The molecule has 0 aromatic heterocycles. The van der Waals surface area contributed by atoms with Gasteiger partial charge < -0.3 is 24.8 Å². The van der Waals surface area contributed by atoms with Crippen LogP contribution in [-0.2, 0) is 15.1 Å². The number of amides is 4. The van der Waals surface area contributed by atoms with Crippen LogP contribution in [0.5, 0.6) is 17.2 Å². The lowest BCUT2D eigenvalue weighted by atomic mass is 9.92. The lowest BCUT2D eigenvalue weighted by Gasteiger charge is -2.22. The van der Waals surface area contributed by atoms with Crippen molar-refractivity contribution < 1.29 is 28.6 Å². The van der Waals surface area contributed by atoms with Crippen LogP contribution in [0.25, 0.3) is 0 Å². The summed E-state index contributed by atoms with van der Waals surface area (Å²) in [6.45, 7) is 1.17. The van der Waals surface area contributed by atoms with Gasteiger partial charge in [-0.15, -0.1) is 0 Å². The molecule has 1 atom stereocenters. The fourth-order valence-corrected chi connectivity index (χ4v) is 3.31. The molecule has 1 fully saturated rings. The molecule has 2 N–H and O–H groups in total. The van der Waals surface area contributed by atoms with Crippen LogP contribution in [0, 0.1) is 0 Å². The van der Waals surface area contributed by atoms with Gasteiger partial charge in [-0.2, -0.15) is 0 Å². The highest BCUT2D eigenvalue weighted by molar-refractivity contribution is 6.10. The van der Waals surface area contributed by atoms with Gasteiger partial charge in [-0.3, -0.25) is 14.5 Å². The van der Waals surface area contributed by atoms with Crippen LogP contribution in [0.1, 0.15) is 12.5 Å². The molecular formula is C21H23N3O6. The van der Waals surface area contributed by atoms with E-state index >= 15 is 0 Å². The predicted molar refractivity (Wildman–Crippen MR) is 109 cm³/mol. The van der Waals surface area contributed by atoms with Crippen molar-refractivity contribution in [2.24, 2.45) is 0 Å². The highest BCUT2D eigenvalue weighted by Gasteiger charge is 2.49. The van der Waals surface area contributed by atoms with Gasteiger partial charge in [-0.05, 0) is 12.5 Å². The number of rotatable bonds is 7. The summed E-state index contributed by atoms with van der Waals surface area (Å²) in [4.78, 5) is 38.8. The molecular weight excluding hydrogens is 390 g/mol. The number of hydrogen-bond donors (Lipinski definition) is 2. The first-order valence-electron chi connectivity index (χ1n) is 9.13. The van der Waals surface area contributed by atoms with E-state index in [4.69, 9.17) is 14.2 Å². The molecule has 0 unspecified atom stereocenters. The lowest BCUT2D eigenvalue weighted by Crippen LogP contribution is -2.42. The molecule has 158 valence electrons. The minimum Gasteiger partial charge on any atom is -0.493 e. The van der Waals surface area contributed by atoms with Crippen LogP contribution >= 0.6 is 0 Å². The summed E-state index contributed by atoms with van der Waals surface area (Å²) >= 11 is 0. The third kappa shape index (κ3) is 3.73. The van der Waals surface area contributed by atoms with E-state index in [2.05, 4.69) is 10.6 Å². The molecule has 2 aromatic rings. The molecule has 1 aliphatic heterocycles. The Morgan fingerprint density at radius 2 is 1.63 bits per heavy atom. The summed E-state index contributed by atoms with van der Waals surface area (Å²) in [5, 5.41) is 5.32. The summed E-state index contributed by atoms with van der Waals surface area (Å²) < 4.78 is 15.8. The minimum absolute atomic E-state index is 0.360. The first-order chi connectivity index (χ1) is 14.3. The maximum absolute atomic E-state index is 12.9. The molecule has 1 saturated heterocycles. The van der Waals surface area contributed by atoms with Gasteiger partial charge in [0.2, 0.25) is 11.7 Å². The first kappa shape index (κ1) is 21.0. The van der Waals surface area contributed by atoms with Gasteiger partial charge >= 0.3 is 6.03 Å². The summed E-state index contributed by atoms with van der Waals surface area (Å²) in [5.74, 6) is 0.0483.